The Labute approximate surface area is 157 Å². The normalized spacial score (nSPS) is 16.0. The molecule has 1 atom stereocenters. The number of aromatic amines is 1. The summed E-state index contributed by atoms with van der Waals surface area (Å²) in [4.78, 5) is 24.5. The van der Waals surface area contributed by atoms with Crippen LogP contribution in [0.5, 0.6) is 5.75 Å². The van der Waals surface area contributed by atoms with E-state index < -0.39 is 0 Å². The van der Waals surface area contributed by atoms with Gasteiger partial charge in [-0.1, -0.05) is 34.1 Å². The third-order valence-corrected chi connectivity index (χ3v) is 4.94. The molecule has 26 heavy (non-hydrogen) atoms. The number of nitrogens with one attached hydrogen (secondary N) is 2. The first kappa shape index (κ1) is 16.8. The highest BCUT2D eigenvalue weighted by Gasteiger charge is 2.23. The van der Waals surface area contributed by atoms with Gasteiger partial charge in [0.05, 0.1) is 30.1 Å². The molecule has 0 spiro atoms. The lowest BCUT2D eigenvalue weighted by Crippen LogP contribution is -2.33. The summed E-state index contributed by atoms with van der Waals surface area (Å²) < 4.78 is 6.59. The Hall–Kier alpha value is -2.67. The van der Waals surface area contributed by atoms with E-state index >= 15 is 0 Å². The van der Waals surface area contributed by atoms with Crippen molar-refractivity contribution in [3.8, 4) is 5.75 Å². The standard InChI is InChI=1S/C19H16BrN3O3/c20-11-5-6-17-14(9-11)15(7-8-26-17)21-18(24)10-16-12-3-1-2-4-13(12)19(25)23-22-16/h1-6,9,15H,7-8,10H2,(H,21,24)(H,23,25). The molecule has 0 radical (unpaired) electrons. The minimum atomic E-state index is -0.257. The maximum absolute atomic E-state index is 12.6. The van der Waals surface area contributed by atoms with Gasteiger partial charge >= 0.3 is 0 Å². The van der Waals surface area contributed by atoms with Crippen LogP contribution in [0.2, 0.25) is 0 Å². The first-order valence-corrected chi connectivity index (χ1v) is 9.09. The lowest BCUT2D eigenvalue weighted by Gasteiger charge is -2.27. The van der Waals surface area contributed by atoms with Gasteiger partial charge in [-0.3, -0.25) is 9.59 Å². The number of amides is 1. The number of carbonyl (C=O) groups is 1. The molecule has 2 aromatic carbocycles. The fourth-order valence-electron chi connectivity index (χ4n) is 3.22. The molecule has 0 fully saturated rings. The van der Waals surface area contributed by atoms with Gasteiger partial charge in [0, 0.05) is 21.8 Å². The minimum absolute atomic E-state index is 0.0952. The summed E-state index contributed by atoms with van der Waals surface area (Å²) >= 11 is 3.46. The second kappa shape index (κ2) is 6.92. The van der Waals surface area contributed by atoms with Crippen molar-refractivity contribution in [1.82, 2.24) is 15.5 Å². The van der Waals surface area contributed by atoms with Crippen LogP contribution in [0.15, 0.2) is 51.7 Å². The first-order valence-electron chi connectivity index (χ1n) is 8.30. The van der Waals surface area contributed by atoms with Gasteiger partial charge in [0.25, 0.3) is 5.56 Å². The maximum Gasteiger partial charge on any atom is 0.272 e. The fourth-order valence-corrected chi connectivity index (χ4v) is 3.60. The maximum atomic E-state index is 12.6. The molecule has 0 saturated heterocycles. The molecular formula is C19H16BrN3O3. The van der Waals surface area contributed by atoms with E-state index in [0.717, 1.165) is 15.8 Å². The summed E-state index contributed by atoms with van der Waals surface area (Å²) in [6, 6.07) is 12.8. The van der Waals surface area contributed by atoms with Crippen molar-refractivity contribution >= 4 is 32.6 Å². The van der Waals surface area contributed by atoms with Crippen LogP contribution >= 0.6 is 15.9 Å². The molecule has 6 nitrogen and oxygen atoms in total. The summed E-state index contributed by atoms with van der Waals surface area (Å²) in [6.45, 7) is 0.555. The average molecular weight is 414 g/mol. The quantitative estimate of drug-likeness (QED) is 0.691. The number of H-pyrrole nitrogens is 1. The molecule has 0 aliphatic carbocycles. The Morgan fingerprint density at radius 3 is 2.92 bits per heavy atom. The van der Waals surface area contributed by atoms with Crippen molar-refractivity contribution in [2.24, 2.45) is 0 Å². The van der Waals surface area contributed by atoms with E-state index in [1.165, 1.54) is 0 Å². The zero-order valence-corrected chi connectivity index (χ0v) is 15.4. The van der Waals surface area contributed by atoms with Crippen LogP contribution in [0, 0.1) is 0 Å². The summed E-state index contributed by atoms with van der Waals surface area (Å²) in [5, 5.41) is 10.8. The predicted octanol–water partition coefficient (Wildman–Crippen LogP) is 2.87. The van der Waals surface area contributed by atoms with Crippen LogP contribution in [0.3, 0.4) is 0 Å². The lowest BCUT2D eigenvalue weighted by atomic mass is 10.00. The average Bonchev–Trinajstić information content (AvgIpc) is 2.65. The van der Waals surface area contributed by atoms with Gasteiger partial charge in [-0.15, -0.1) is 0 Å². The molecule has 1 amide bonds. The van der Waals surface area contributed by atoms with Gasteiger partial charge < -0.3 is 10.1 Å². The van der Waals surface area contributed by atoms with Gasteiger partial charge in [0.1, 0.15) is 5.75 Å². The molecule has 4 rings (SSSR count). The molecule has 7 heteroatoms. The Morgan fingerprint density at radius 1 is 1.27 bits per heavy atom. The Kier molecular flexibility index (Phi) is 4.46. The molecule has 2 N–H and O–H groups in total. The van der Waals surface area contributed by atoms with Crippen molar-refractivity contribution in [2.45, 2.75) is 18.9 Å². The lowest BCUT2D eigenvalue weighted by molar-refractivity contribution is -0.121. The summed E-state index contributed by atoms with van der Waals surface area (Å²) in [6.07, 6.45) is 0.799. The molecule has 132 valence electrons. The highest BCUT2D eigenvalue weighted by molar-refractivity contribution is 9.10. The van der Waals surface area contributed by atoms with Crippen LogP contribution in [0.25, 0.3) is 10.8 Å². The van der Waals surface area contributed by atoms with Gasteiger partial charge in [-0.25, -0.2) is 5.10 Å². The highest BCUT2D eigenvalue weighted by atomic mass is 79.9. The molecule has 1 aromatic heterocycles. The molecule has 1 aliphatic heterocycles. The second-order valence-electron chi connectivity index (χ2n) is 6.16. The minimum Gasteiger partial charge on any atom is -0.493 e. The molecule has 1 aliphatic rings. The Morgan fingerprint density at radius 2 is 2.08 bits per heavy atom. The third-order valence-electron chi connectivity index (χ3n) is 4.45. The summed E-state index contributed by atoms with van der Waals surface area (Å²) in [5.41, 5.74) is 1.26. The summed E-state index contributed by atoms with van der Waals surface area (Å²) in [7, 11) is 0. The number of aromatic nitrogens is 2. The van der Waals surface area contributed by atoms with Crippen molar-refractivity contribution in [1.29, 1.82) is 0 Å². The van der Waals surface area contributed by atoms with E-state index in [-0.39, 0.29) is 23.9 Å². The fraction of sp³-hybridized carbons (Fsp3) is 0.211. The second-order valence-corrected chi connectivity index (χ2v) is 7.08. The monoisotopic (exact) mass is 413 g/mol. The van der Waals surface area contributed by atoms with E-state index in [1.807, 2.05) is 24.3 Å². The zero-order valence-electron chi connectivity index (χ0n) is 13.8. The Bertz CT molecular complexity index is 1050. The van der Waals surface area contributed by atoms with Gasteiger partial charge in [-0.05, 0) is 24.3 Å². The van der Waals surface area contributed by atoms with Crippen LogP contribution in [0.4, 0.5) is 0 Å². The number of rotatable bonds is 3. The number of hydrogen-bond acceptors (Lipinski definition) is 4. The Balaban J connectivity index is 1.57. The van der Waals surface area contributed by atoms with E-state index in [0.29, 0.717) is 29.5 Å². The SMILES string of the molecule is O=C(Cc1n[nH]c(=O)c2ccccc12)NC1CCOc2ccc(Br)cc21. The van der Waals surface area contributed by atoms with Crippen molar-refractivity contribution in [2.75, 3.05) is 6.61 Å². The third kappa shape index (κ3) is 3.22. The van der Waals surface area contributed by atoms with E-state index in [9.17, 15) is 9.59 Å². The van der Waals surface area contributed by atoms with Crippen molar-refractivity contribution < 1.29 is 9.53 Å². The van der Waals surface area contributed by atoms with Crippen molar-refractivity contribution in [3.63, 3.8) is 0 Å². The van der Waals surface area contributed by atoms with Gasteiger partial charge in [0.15, 0.2) is 0 Å². The van der Waals surface area contributed by atoms with Crippen LogP contribution < -0.4 is 15.6 Å². The molecule has 1 unspecified atom stereocenters. The van der Waals surface area contributed by atoms with Crippen LogP contribution in [-0.2, 0) is 11.2 Å². The number of benzene rings is 2. The number of hydrogen-bond donors (Lipinski definition) is 2. The predicted molar refractivity (Wildman–Crippen MR) is 101 cm³/mol. The number of halogens is 1. The smallest absolute Gasteiger partial charge is 0.272 e. The van der Waals surface area contributed by atoms with Crippen molar-refractivity contribution in [3.05, 3.63) is 68.5 Å². The molecular weight excluding hydrogens is 398 g/mol. The number of nitrogens with zero attached hydrogens (tertiary/aromatic N) is 1. The molecule has 0 bridgehead atoms. The number of carbonyl (C=O) groups excluding carboxylic acids is 1. The van der Waals surface area contributed by atoms with E-state index in [4.69, 9.17) is 4.74 Å². The molecule has 3 aromatic rings. The molecule has 2 heterocycles. The highest BCUT2D eigenvalue weighted by Crippen LogP contribution is 2.34. The topological polar surface area (TPSA) is 84.1 Å². The van der Waals surface area contributed by atoms with Gasteiger partial charge in [0.2, 0.25) is 5.91 Å². The van der Waals surface area contributed by atoms with E-state index in [2.05, 4.69) is 31.4 Å². The largest absolute Gasteiger partial charge is 0.493 e. The number of ether oxygens (including phenoxy) is 1. The summed E-state index contributed by atoms with van der Waals surface area (Å²) in [5.74, 6) is 0.643. The first-order chi connectivity index (χ1) is 12.6. The van der Waals surface area contributed by atoms with Gasteiger partial charge in [-0.2, -0.15) is 5.10 Å². The van der Waals surface area contributed by atoms with E-state index in [1.54, 1.807) is 18.2 Å². The number of fused-ring (bicyclic) bond motifs is 2. The van der Waals surface area contributed by atoms with Crippen LogP contribution in [0.1, 0.15) is 23.7 Å². The zero-order chi connectivity index (χ0) is 18.1. The molecule has 0 saturated carbocycles. The van der Waals surface area contributed by atoms with Crippen LogP contribution in [-0.4, -0.2) is 22.7 Å².